The average molecular weight is 351 g/mol. The summed E-state index contributed by atoms with van der Waals surface area (Å²) in [5, 5.41) is 4.85. The van der Waals surface area contributed by atoms with E-state index in [1.165, 1.54) is 0 Å². The number of para-hydroxylation sites is 1. The molecule has 0 aliphatic rings. The second-order valence-corrected chi connectivity index (χ2v) is 5.68. The molecule has 134 valence electrons. The minimum atomic E-state index is -0.188. The van der Waals surface area contributed by atoms with Gasteiger partial charge in [0.15, 0.2) is 6.61 Å². The molecule has 0 unspecified atom stereocenters. The molecular formula is C21H21NO4. The van der Waals surface area contributed by atoms with Crippen molar-refractivity contribution in [2.75, 3.05) is 26.9 Å². The van der Waals surface area contributed by atoms with E-state index in [0.29, 0.717) is 18.9 Å². The highest BCUT2D eigenvalue weighted by Gasteiger charge is 2.04. The minimum Gasteiger partial charge on any atom is -0.497 e. The first kappa shape index (κ1) is 17.6. The minimum absolute atomic E-state index is 0.0409. The number of carbonyl (C=O) groups excluding carboxylic acids is 1. The summed E-state index contributed by atoms with van der Waals surface area (Å²) in [6, 6.07) is 21.0. The third kappa shape index (κ3) is 4.89. The molecule has 1 amide bonds. The number of hydrogen-bond acceptors (Lipinski definition) is 4. The van der Waals surface area contributed by atoms with Crippen molar-refractivity contribution >= 4 is 16.7 Å². The normalized spacial score (nSPS) is 10.3. The summed E-state index contributed by atoms with van der Waals surface area (Å²) in [6.45, 7) is 0.790. The van der Waals surface area contributed by atoms with Crippen LogP contribution in [-0.4, -0.2) is 32.8 Å². The van der Waals surface area contributed by atoms with E-state index >= 15 is 0 Å². The van der Waals surface area contributed by atoms with Gasteiger partial charge in [0.1, 0.15) is 23.9 Å². The van der Waals surface area contributed by atoms with Gasteiger partial charge in [0.2, 0.25) is 0 Å². The lowest BCUT2D eigenvalue weighted by Crippen LogP contribution is -2.32. The van der Waals surface area contributed by atoms with Gasteiger partial charge in [-0.05, 0) is 47.2 Å². The molecule has 5 heteroatoms. The van der Waals surface area contributed by atoms with Crippen molar-refractivity contribution in [3.05, 3.63) is 66.7 Å². The van der Waals surface area contributed by atoms with Crippen LogP contribution in [0.5, 0.6) is 17.2 Å². The van der Waals surface area contributed by atoms with Crippen LogP contribution >= 0.6 is 0 Å². The van der Waals surface area contributed by atoms with Gasteiger partial charge in [-0.15, -0.1) is 0 Å². The third-order valence-corrected chi connectivity index (χ3v) is 3.82. The van der Waals surface area contributed by atoms with E-state index in [-0.39, 0.29) is 12.5 Å². The molecule has 5 nitrogen and oxygen atoms in total. The molecule has 0 aromatic heterocycles. The first-order valence-corrected chi connectivity index (χ1v) is 8.40. The maximum Gasteiger partial charge on any atom is 0.258 e. The van der Waals surface area contributed by atoms with Crippen LogP contribution in [0.25, 0.3) is 10.8 Å². The summed E-state index contributed by atoms with van der Waals surface area (Å²) < 4.78 is 16.3. The molecule has 3 aromatic carbocycles. The monoisotopic (exact) mass is 351 g/mol. The van der Waals surface area contributed by atoms with Crippen LogP contribution in [0.2, 0.25) is 0 Å². The van der Waals surface area contributed by atoms with Gasteiger partial charge in [0.25, 0.3) is 5.91 Å². The molecule has 0 heterocycles. The number of ether oxygens (including phenoxy) is 3. The zero-order chi connectivity index (χ0) is 18.2. The lowest BCUT2D eigenvalue weighted by Gasteiger charge is -2.10. The van der Waals surface area contributed by atoms with E-state index in [4.69, 9.17) is 14.2 Å². The fourth-order valence-corrected chi connectivity index (χ4v) is 2.50. The lowest BCUT2D eigenvalue weighted by atomic mass is 10.1. The Bertz CT molecular complexity index is 864. The highest BCUT2D eigenvalue weighted by Crippen LogP contribution is 2.24. The Morgan fingerprint density at radius 3 is 2.35 bits per heavy atom. The zero-order valence-corrected chi connectivity index (χ0v) is 14.6. The standard InChI is InChI=1S/C21H21NO4/c1-24-19-9-7-16-8-10-20(14-17(16)13-19)26-15-21(23)22-11-12-25-18-5-3-2-4-6-18/h2-10,13-14H,11-12,15H2,1H3,(H,22,23). The third-order valence-electron chi connectivity index (χ3n) is 3.82. The van der Waals surface area contributed by atoms with Gasteiger partial charge in [0, 0.05) is 0 Å². The maximum atomic E-state index is 11.9. The SMILES string of the molecule is COc1ccc2ccc(OCC(=O)NCCOc3ccccc3)cc2c1. The van der Waals surface area contributed by atoms with E-state index in [1.807, 2.05) is 66.7 Å². The number of carbonyl (C=O) groups is 1. The molecule has 0 aliphatic heterocycles. The Morgan fingerprint density at radius 1 is 0.846 bits per heavy atom. The van der Waals surface area contributed by atoms with Gasteiger partial charge in [-0.2, -0.15) is 0 Å². The average Bonchev–Trinajstić information content (AvgIpc) is 2.69. The van der Waals surface area contributed by atoms with Crippen molar-refractivity contribution in [1.29, 1.82) is 0 Å². The van der Waals surface area contributed by atoms with Crippen LogP contribution in [0.1, 0.15) is 0 Å². The maximum absolute atomic E-state index is 11.9. The van der Waals surface area contributed by atoms with Crippen molar-refractivity contribution in [3.8, 4) is 17.2 Å². The first-order valence-electron chi connectivity index (χ1n) is 8.40. The molecule has 0 fully saturated rings. The molecule has 0 aliphatic carbocycles. The highest BCUT2D eigenvalue weighted by molar-refractivity contribution is 5.85. The van der Waals surface area contributed by atoms with Gasteiger partial charge >= 0.3 is 0 Å². The van der Waals surface area contributed by atoms with Crippen LogP contribution in [0.4, 0.5) is 0 Å². The summed E-state index contributed by atoms with van der Waals surface area (Å²) in [5.41, 5.74) is 0. The van der Waals surface area contributed by atoms with E-state index in [9.17, 15) is 4.79 Å². The molecule has 3 rings (SSSR count). The van der Waals surface area contributed by atoms with Gasteiger partial charge in [-0.1, -0.05) is 30.3 Å². The largest absolute Gasteiger partial charge is 0.497 e. The number of hydrogen-bond donors (Lipinski definition) is 1. The Morgan fingerprint density at radius 2 is 1.58 bits per heavy atom. The molecular weight excluding hydrogens is 330 g/mol. The summed E-state index contributed by atoms with van der Waals surface area (Å²) in [6.07, 6.45) is 0. The fourth-order valence-electron chi connectivity index (χ4n) is 2.50. The molecule has 0 radical (unpaired) electrons. The number of fused-ring (bicyclic) bond motifs is 1. The van der Waals surface area contributed by atoms with Crippen molar-refractivity contribution in [2.45, 2.75) is 0 Å². The topological polar surface area (TPSA) is 56.8 Å². The van der Waals surface area contributed by atoms with E-state index in [2.05, 4.69) is 5.32 Å². The van der Waals surface area contributed by atoms with Gasteiger partial charge in [-0.25, -0.2) is 0 Å². The highest BCUT2D eigenvalue weighted by atomic mass is 16.5. The number of rotatable bonds is 8. The quantitative estimate of drug-likeness (QED) is 0.632. The number of nitrogens with one attached hydrogen (secondary N) is 1. The molecule has 1 N–H and O–H groups in total. The van der Waals surface area contributed by atoms with E-state index in [0.717, 1.165) is 22.3 Å². The molecule has 0 saturated carbocycles. The van der Waals surface area contributed by atoms with Crippen LogP contribution in [0.15, 0.2) is 66.7 Å². The van der Waals surface area contributed by atoms with E-state index < -0.39 is 0 Å². The zero-order valence-electron chi connectivity index (χ0n) is 14.6. The Kier molecular flexibility index (Phi) is 5.93. The van der Waals surface area contributed by atoms with Gasteiger partial charge in [-0.3, -0.25) is 4.79 Å². The molecule has 3 aromatic rings. The second-order valence-electron chi connectivity index (χ2n) is 5.68. The van der Waals surface area contributed by atoms with Crippen LogP contribution in [0.3, 0.4) is 0 Å². The van der Waals surface area contributed by atoms with Gasteiger partial charge in [0.05, 0.1) is 13.7 Å². The molecule has 0 saturated heterocycles. The van der Waals surface area contributed by atoms with Crippen molar-refractivity contribution in [3.63, 3.8) is 0 Å². The summed E-state index contributed by atoms with van der Waals surface area (Å²) in [4.78, 5) is 11.9. The Hall–Kier alpha value is -3.21. The smallest absolute Gasteiger partial charge is 0.258 e. The lowest BCUT2D eigenvalue weighted by molar-refractivity contribution is -0.123. The van der Waals surface area contributed by atoms with Crippen molar-refractivity contribution in [2.24, 2.45) is 0 Å². The Labute approximate surface area is 152 Å². The van der Waals surface area contributed by atoms with Gasteiger partial charge < -0.3 is 19.5 Å². The van der Waals surface area contributed by atoms with Crippen molar-refractivity contribution < 1.29 is 19.0 Å². The first-order chi connectivity index (χ1) is 12.7. The molecule has 0 atom stereocenters. The van der Waals surface area contributed by atoms with E-state index in [1.54, 1.807) is 7.11 Å². The molecule has 0 spiro atoms. The molecule has 0 bridgehead atoms. The van der Waals surface area contributed by atoms with Crippen molar-refractivity contribution in [1.82, 2.24) is 5.32 Å². The summed E-state index contributed by atoms with van der Waals surface area (Å²) in [7, 11) is 1.63. The molecule has 26 heavy (non-hydrogen) atoms. The summed E-state index contributed by atoms with van der Waals surface area (Å²) in [5.74, 6) is 2.02. The predicted molar refractivity (Wildman–Crippen MR) is 101 cm³/mol. The Balaban J connectivity index is 1.44. The predicted octanol–water partition coefficient (Wildman–Crippen LogP) is 3.42. The number of methoxy groups -OCH3 is 1. The van der Waals surface area contributed by atoms with Crippen LogP contribution < -0.4 is 19.5 Å². The number of amides is 1. The van der Waals surface area contributed by atoms with Crippen LogP contribution in [-0.2, 0) is 4.79 Å². The fraction of sp³-hybridized carbons (Fsp3) is 0.190. The number of benzene rings is 3. The second kappa shape index (κ2) is 8.76. The van der Waals surface area contributed by atoms with Crippen LogP contribution in [0, 0.1) is 0 Å². The summed E-state index contributed by atoms with van der Waals surface area (Å²) >= 11 is 0.